The molecule has 4 heteroatoms. The van der Waals surface area contributed by atoms with Crippen molar-refractivity contribution in [1.82, 2.24) is 0 Å². The Morgan fingerprint density at radius 3 is 2.64 bits per heavy atom. The highest BCUT2D eigenvalue weighted by Gasteiger charge is 2.19. The van der Waals surface area contributed by atoms with E-state index in [4.69, 9.17) is 11.6 Å². The van der Waals surface area contributed by atoms with Gasteiger partial charge in [0.15, 0.2) is 0 Å². The third kappa shape index (κ3) is 2.23. The first kappa shape index (κ1) is 11.4. The summed E-state index contributed by atoms with van der Waals surface area (Å²) in [5.41, 5.74) is 0.710. The van der Waals surface area contributed by atoms with Crippen molar-refractivity contribution < 1.29 is 14.6 Å². The van der Waals surface area contributed by atoms with Gasteiger partial charge in [-0.1, -0.05) is 12.1 Å². The van der Waals surface area contributed by atoms with Gasteiger partial charge in [-0.15, -0.1) is 11.6 Å². The van der Waals surface area contributed by atoms with E-state index in [1.54, 1.807) is 13.0 Å². The lowest BCUT2D eigenvalue weighted by Gasteiger charge is -2.17. The second-order valence-corrected chi connectivity index (χ2v) is 3.43. The summed E-state index contributed by atoms with van der Waals surface area (Å²) in [4.78, 5) is 0. The Morgan fingerprint density at radius 1 is 1.43 bits per heavy atom. The summed E-state index contributed by atoms with van der Waals surface area (Å²) in [6.07, 6.45) is -2.21. The van der Waals surface area contributed by atoms with Gasteiger partial charge in [0.2, 0.25) is 0 Å². The number of rotatable bonds is 3. The van der Waals surface area contributed by atoms with E-state index in [1.807, 2.05) is 0 Å². The van der Waals surface area contributed by atoms with Crippen LogP contribution in [-0.2, 0) is 0 Å². The molecule has 0 aromatic heterocycles. The molecular weight excluding hydrogens is 207 g/mol. The minimum atomic E-state index is -1.14. The smallest absolute Gasteiger partial charge is 0.126 e. The lowest BCUT2D eigenvalue weighted by atomic mass is 10.00. The van der Waals surface area contributed by atoms with Crippen LogP contribution in [0.3, 0.4) is 0 Å². The molecule has 1 aromatic rings. The van der Waals surface area contributed by atoms with Crippen LogP contribution < -0.4 is 0 Å². The van der Waals surface area contributed by atoms with Crippen LogP contribution in [-0.4, -0.2) is 22.2 Å². The van der Waals surface area contributed by atoms with E-state index in [0.717, 1.165) is 0 Å². The molecule has 0 aliphatic heterocycles. The van der Waals surface area contributed by atoms with Crippen LogP contribution >= 0.6 is 11.6 Å². The summed E-state index contributed by atoms with van der Waals surface area (Å²) in [5, 5.41) is 18.9. The fourth-order valence-electron chi connectivity index (χ4n) is 1.24. The van der Waals surface area contributed by atoms with Crippen molar-refractivity contribution in [3.8, 4) is 0 Å². The molecular formula is C10H12ClFO2. The monoisotopic (exact) mass is 218 g/mol. The second-order valence-electron chi connectivity index (χ2n) is 3.12. The molecule has 0 fully saturated rings. The lowest BCUT2D eigenvalue weighted by molar-refractivity contribution is 0.0321. The predicted molar refractivity (Wildman–Crippen MR) is 52.8 cm³/mol. The van der Waals surface area contributed by atoms with Crippen LogP contribution in [0.25, 0.3) is 0 Å². The summed E-state index contributed by atoms with van der Waals surface area (Å²) >= 11 is 5.39. The van der Waals surface area contributed by atoms with Crippen molar-refractivity contribution in [1.29, 1.82) is 0 Å². The minimum absolute atomic E-state index is 0.0862. The fourth-order valence-corrected chi connectivity index (χ4v) is 1.40. The van der Waals surface area contributed by atoms with E-state index in [1.165, 1.54) is 12.1 Å². The van der Waals surface area contributed by atoms with Gasteiger partial charge >= 0.3 is 0 Å². The van der Waals surface area contributed by atoms with Crippen molar-refractivity contribution in [3.63, 3.8) is 0 Å². The lowest BCUT2D eigenvalue weighted by Crippen LogP contribution is -2.20. The molecule has 2 N–H and O–H groups in total. The zero-order valence-corrected chi connectivity index (χ0v) is 8.50. The maximum atomic E-state index is 13.1. The van der Waals surface area contributed by atoms with Crippen LogP contribution in [0.15, 0.2) is 18.2 Å². The number of aliphatic hydroxyl groups excluding tert-OH is 2. The van der Waals surface area contributed by atoms with Crippen molar-refractivity contribution in [3.05, 3.63) is 35.1 Å². The molecule has 0 aliphatic carbocycles. The van der Waals surface area contributed by atoms with E-state index < -0.39 is 18.0 Å². The van der Waals surface area contributed by atoms with E-state index in [2.05, 4.69) is 0 Å². The van der Waals surface area contributed by atoms with Crippen LogP contribution in [0, 0.1) is 12.7 Å². The third-order valence-electron chi connectivity index (χ3n) is 2.15. The Hall–Kier alpha value is -0.640. The molecule has 0 bridgehead atoms. The molecule has 0 heterocycles. The SMILES string of the molecule is Cc1c(F)cccc1C(O)C(O)CCl. The van der Waals surface area contributed by atoms with Crippen LogP contribution in [0.2, 0.25) is 0 Å². The number of aliphatic hydroxyl groups is 2. The number of benzene rings is 1. The Balaban J connectivity index is 3.01. The molecule has 0 aliphatic rings. The first-order chi connectivity index (χ1) is 6.57. The number of hydrogen-bond acceptors (Lipinski definition) is 2. The van der Waals surface area contributed by atoms with E-state index in [0.29, 0.717) is 11.1 Å². The number of alkyl halides is 1. The van der Waals surface area contributed by atoms with Crippen LogP contribution in [0.4, 0.5) is 4.39 Å². The molecule has 2 unspecified atom stereocenters. The standard InChI is InChI=1S/C10H12ClFO2/c1-6-7(3-2-4-8(6)12)10(14)9(13)5-11/h2-4,9-10,13-14H,5H2,1H3. The van der Waals surface area contributed by atoms with E-state index >= 15 is 0 Å². The van der Waals surface area contributed by atoms with Crippen molar-refractivity contribution in [2.75, 3.05) is 5.88 Å². The largest absolute Gasteiger partial charge is 0.389 e. The molecule has 2 nitrogen and oxygen atoms in total. The summed E-state index contributed by atoms with van der Waals surface area (Å²) < 4.78 is 13.1. The average molecular weight is 219 g/mol. The highest BCUT2D eigenvalue weighted by Crippen LogP contribution is 2.22. The van der Waals surface area contributed by atoms with Gasteiger partial charge in [0.1, 0.15) is 11.9 Å². The molecule has 0 spiro atoms. The maximum Gasteiger partial charge on any atom is 0.126 e. The highest BCUT2D eigenvalue weighted by atomic mass is 35.5. The van der Waals surface area contributed by atoms with Gasteiger partial charge in [0.05, 0.1) is 12.0 Å². The predicted octanol–water partition coefficient (Wildman–Crippen LogP) is 1.77. The molecule has 0 saturated carbocycles. The van der Waals surface area contributed by atoms with Gasteiger partial charge < -0.3 is 10.2 Å². The minimum Gasteiger partial charge on any atom is -0.389 e. The van der Waals surface area contributed by atoms with Crippen molar-refractivity contribution in [2.24, 2.45) is 0 Å². The van der Waals surface area contributed by atoms with Crippen molar-refractivity contribution in [2.45, 2.75) is 19.1 Å². The average Bonchev–Trinajstić information content (AvgIpc) is 2.20. The Kier molecular flexibility index (Phi) is 3.86. The molecule has 0 saturated heterocycles. The quantitative estimate of drug-likeness (QED) is 0.760. The molecule has 0 radical (unpaired) electrons. The van der Waals surface area contributed by atoms with E-state index in [9.17, 15) is 14.6 Å². The van der Waals surface area contributed by atoms with Gasteiger partial charge in [-0.3, -0.25) is 0 Å². The number of halogens is 2. The first-order valence-electron chi connectivity index (χ1n) is 4.25. The molecule has 1 aromatic carbocycles. The summed E-state index contributed by atoms with van der Waals surface area (Å²) in [7, 11) is 0. The van der Waals surface area contributed by atoms with Gasteiger partial charge in [-0.25, -0.2) is 4.39 Å². The molecule has 14 heavy (non-hydrogen) atoms. The zero-order valence-electron chi connectivity index (χ0n) is 7.74. The molecule has 78 valence electrons. The normalized spacial score (nSPS) is 15.2. The maximum absolute atomic E-state index is 13.1. The summed E-state index contributed by atoms with van der Waals surface area (Å²) in [6.45, 7) is 1.55. The highest BCUT2D eigenvalue weighted by molar-refractivity contribution is 6.18. The van der Waals surface area contributed by atoms with Gasteiger partial charge in [0.25, 0.3) is 0 Å². The third-order valence-corrected chi connectivity index (χ3v) is 2.47. The van der Waals surface area contributed by atoms with Crippen LogP contribution in [0.5, 0.6) is 0 Å². The van der Waals surface area contributed by atoms with E-state index in [-0.39, 0.29) is 5.88 Å². The summed E-state index contributed by atoms with van der Waals surface area (Å²) in [5.74, 6) is -0.486. The second kappa shape index (κ2) is 4.73. The number of hydrogen-bond donors (Lipinski definition) is 2. The van der Waals surface area contributed by atoms with Crippen LogP contribution in [0.1, 0.15) is 17.2 Å². The first-order valence-corrected chi connectivity index (χ1v) is 4.78. The molecule has 0 amide bonds. The Morgan fingerprint density at radius 2 is 2.07 bits per heavy atom. The van der Waals surface area contributed by atoms with Crippen molar-refractivity contribution >= 4 is 11.6 Å². The molecule has 1 rings (SSSR count). The topological polar surface area (TPSA) is 40.5 Å². The molecule has 2 atom stereocenters. The Labute approximate surface area is 86.9 Å². The summed E-state index contributed by atoms with van der Waals surface area (Å²) in [6, 6.07) is 4.36. The Bertz CT molecular complexity index is 317. The van der Waals surface area contributed by atoms with Gasteiger partial charge in [-0.2, -0.15) is 0 Å². The van der Waals surface area contributed by atoms with Gasteiger partial charge in [0, 0.05) is 0 Å². The fraction of sp³-hybridized carbons (Fsp3) is 0.400. The zero-order chi connectivity index (χ0) is 10.7. The van der Waals surface area contributed by atoms with Gasteiger partial charge in [-0.05, 0) is 24.1 Å².